The molecule has 0 bridgehead atoms. The van der Waals surface area contributed by atoms with E-state index >= 15 is 0 Å². The van der Waals surface area contributed by atoms with Crippen LogP contribution in [0.4, 0.5) is 5.82 Å². The highest BCUT2D eigenvalue weighted by Gasteiger charge is 2.01. The first-order valence-electron chi connectivity index (χ1n) is 5.95. The van der Waals surface area contributed by atoms with Crippen LogP contribution in [0.2, 0.25) is 0 Å². The number of H-pyrrole nitrogens is 1. The van der Waals surface area contributed by atoms with Crippen LogP contribution in [0.15, 0.2) is 40.3 Å². The van der Waals surface area contributed by atoms with Gasteiger partial charge in [0.2, 0.25) is 0 Å². The highest BCUT2D eigenvalue weighted by molar-refractivity contribution is 7.98. The summed E-state index contributed by atoms with van der Waals surface area (Å²) in [4.78, 5) is 18.0. The van der Waals surface area contributed by atoms with Gasteiger partial charge in [0, 0.05) is 17.4 Å². The zero-order chi connectivity index (χ0) is 14.4. The summed E-state index contributed by atoms with van der Waals surface area (Å²) in [5, 5.41) is 0.508. The number of hydrogen-bond acceptors (Lipinski definition) is 5. The molecule has 1 heterocycles. The summed E-state index contributed by atoms with van der Waals surface area (Å²) in [5.74, 6) is 6.69. The second-order valence-corrected chi connectivity index (χ2v) is 4.93. The molecule has 0 fully saturated rings. The molecule has 0 aliphatic heterocycles. The van der Waals surface area contributed by atoms with E-state index in [1.807, 2.05) is 24.3 Å². The molecule has 0 spiro atoms. The molecule has 0 radical (unpaired) electrons. The molecule has 0 saturated heterocycles. The molecular formula is C14H14N4OS. The van der Waals surface area contributed by atoms with Gasteiger partial charge < -0.3 is 16.5 Å². The van der Waals surface area contributed by atoms with E-state index in [4.69, 9.17) is 11.5 Å². The maximum atomic E-state index is 11.3. The lowest BCUT2D eigenvalue weighted by Gasteiger charge is -2.02. The Kier molecular flexibility index (Phi) is 4.82. The van der Waals surface area contributed by atoms with E-state index in [1.54, 1.807) is 0 Å². The zero-order valence-corrected chi connectivity index (χ0v) is 11.5. The Labute approximate surface area is 120 Å². The minimum Gasteiger partial charge on any atom is -0.383 e. The van der Waals surface area contributed by atoms with Gasteiger partial charge in [-0.3, -0.25) is 4.79 Å². The number of nitrogens with one attached hydrogen (secondary N) is 1. The number of benzene rings is 1. The van der Waals surface area contributed by atoms with Crippen molar-refractivity contribution in [3.63, 3.8) is 0 Å². The van der Waals surface area contributed by atoms with Gasteiger partial charge in [-0.1, -0.05) is 35.7 Å². The van der Waals surface area contributed by atoms with E-state index in [-0.39, 0.29) is 11.4 Å². The normalized spacial score (nSPS) is 9.85. The topological polar surface area (TPSA) is 97.8 Å². The summed E-state index contributed by atoms with van der Waals surface area (Å²) in [6, 6.07) is 9.10. The van der Waals surface area contributed by atoms with Gasteiger partial charge in [0.05, 0.1) is 6.54 Å². The van der Waals surface area contributed by atoms with Crippen LogP contribution in [0.5, 0.6) is 0 Å². The predicted molar refractivity (Wildman–Crippen MR) is 81.2 cm³/mol. The highest BCUT2D eigenvalue weighted by atomic mass is 32.2. The average molecular weight is 286 g/mol. The van der Waals surface area contributed by atoms with Crippen molar-refractivity contribution in [3.05, 3.63) is 51.8 Å². The molecule has 0 unspecified atom stereocenters. The third-order valence-electron chi connectivity index (χ3n) is 2.38. The van der Waals surface area contributed by atoms with Crippen LogP contribution in [-0.4, -0.2) is 16.5 Å². The Balaban J connectivity index is 2.08. The first kappa shape index (κ1) is 14.2. The monoisotopic (exact) mass is 286 g/mol. The molecular weight excluding hydrogens is 272 g/mol. The quantitative estimate of drug-likeness (QED) is 0.443. The summed E-state index contributed by atoms with van der Waals surface area (Å²) < 4.78 is 0. The summed E-state index contributed by atoms with van der Waals surface area (Å²) >= 11 is 1.41. The summed E-state index contributed by atoms with van der Waals surface area (Å²) in [5.41, 5.74) is 12.6. The Bertz CT molecular complexity index is 715. The second-order valence-electron chi connectivity index (χ2n) is 3.97. The molecule has 0 aliphatic carbocycles. The van der Waals surface area contributed by atoms with E-state index in [0.29, 0.717) is 17.5 Å². The summed E-state index contributed by atoms with van der Waals surface area (Å²) in [7, 11) is 0. The lowest BCUT2D eigenvalue weighted by molar-refractivity contribution is 0.945. The fourth-order valence-electron chi connectivity index (χ4n) is 1.57. The van der Waals surface area contributed by atoms with Crippen molar-refractivity contribution < 1.29 is 0 Å². The van der Waals surface area contributed by atoms with Crippen LogP contribution in [0, 0.1) is 11.8 Å². The number of thioether (sulfide) groups is 1. The van der Waals surface area contributed by atoms with Gasteiger partial charge in [0.15, 0.2) is 5.16 Å². The second kappa shape index (κ2) is 6.80. The predicted octanol–water partition coefficient (Wildman–Crippen LogP) is 0.955. The van der Waals surface area contributed by atoms with Crippen molar-refractivity contribution in [3.8, 4) is 11.8 Å². The maximum Gasteiger partial charge on any atom is 0.253 e. The number of anilines is 1. The minimum atomic E-state index is -0.248. The van der Waals surface area contributed by atoms with E-state index in [0.717, 1.165) is 11.1 Å². The molecule has 0 atom stereocenters. The number of rotatable bonds is 3. The van der Waals surface area contributed by atoms with Gasteiger partial charge in [-0.15, -0.1) is 0 Å². The zero-order valence-electron chi connectivity index (χ0n) is 10.7. The van der Waals surface area contributed by atoms with Crippen molar-refractivity contribution in [2.24, 2.45) is 5.73 Å². The van der Waals surface area contributed by atoms with Crippen LogP contribution >= 0.6 is 11.8 Å². The standard InChI is InChI=1S/C14H14N4OS/c15-6-2-5-10-3-1-4-11(7-10)9-20-14-17-12(16)8-13(19)18-14/h1,3-4,7-8H,6,9,15H2,(H3,16,17,18,19). The van der Waals surface area contributed by atoms with Gasteiger partial charge in [-0.05, 0) is 17.7 Å². The molecule has 6 heteroatoms. The molecule has 5 nitrogen and oxygen atoms in total. The molecule has 20 heavy (non-hydrogen) atoms. The van der Waals surface area contributed by atoms with Crippen LogP contribution in [0.25, 0.3) is 0 Å². The Morgan fingerprint density at radius 3 is 2.95 bits per heavy atom. The number of hydrogen-bond donors (Lipinski definition) is 3. The molecule has 1 aromatic heterocycles. The Hall–Kier alpha value is -2.23. The third-order valence-corrected chi connectivity index (χ3v) is 3.32. The first-order valence-corrected chi connectivity index (χ1v) is 6.93. The number of aromatic nitrogens is 2. The van der Waals surface area contributed by atoms with Crippen molar-refractivity contribution in [1.29, 1.82) is 0 Å². The fourth-order valence-corrected chi connectivity index (χ4v) is 2.39. The van der Waals surface area contributed by atoms with Crippen LogP contribution in [-0.2, 0) is 5.75 Å². The van der Waals surface area contributed by atoms with Gasteiger partial charge in [-0.2, -0.15) is 0 Å². The van der Waals surface area contributed by atoms with Gasteiger partial charge in [-0.25, -0.2) is 4.98 Å². The van der Waals surface area contributed by atoms with Crippen molar-refractivity contribution >= 4 is 17.6 Å². The fraction of sp³-hybridized carbons (Fsp3) is 0.143. The average Bonchev–Trinajstić information content (AvgIpc) is 2.42. The van der Waals surface area contributed by atoms with E-state index in [2.05, 4.69) is 21.8 Å². The molecule has 0 aliphatic rings. The third kappa shape index (κ3) is 4.16. The first-order chi connectivity index (χ1) is 9.67. The largest absolute Gasteiger partial charge is 0.383 e. The molecule has 0 saturated carbocycles. The summed E-state index contributed by atoms with van der Waals surface area (Å²) in [6.07, 6.45) is 0. The van der Waals surface area contributed by atoms with Crippen LogP contribution in [0.1, 0.15) is 11.1 Å². The molecule has 5 N–H and O–H groups in total. The van der Waals surface area contributed by atoms with Gasteiger partial charge in [0.25, 0.3) is 5.56 Å². The van der Waals surface area contributed by atoms with Crippen molar-refractivity contribution in [1.82, 2.24) is 9.97 Å². The molecule has 2 aromatic rings. The molecule has 0 amide bonds. The molecule has 2 rings (SSSR count). The van der Waals surface area contributed by atoms with E-state index in [1.165, 1.54) is 17.8 Å². The van der Waals surface area contributed by atoms with Crippen molar-refractivity contribution in [2.75, 3.05) is 12.3 Å². The smallest absolute Gasteiger partial charge is 0.253 e. The lowest BCUT2D eigenvalue weighted by Crippen LogP contribution is -2.09. The molecule has 1 aromatic carbocycles. The number of aromatic amines is 1. The van der Waals surface area contributed by atoms with E-state index < -0.39 is 0 Å². The Morgan fingerprint density at radius 2 is 2.20 bits per heavy atom. The SMILES string of the molecule is NCC#Cc1cccc(CSc2nc(N)cc(=O)[nH]2)c1. The molecule has 102 valence electrons. The number of nitrogens with zero attached hydrogens (tertiary/aromatic N) is 1. The number of nitrogens with two attached hydrogens (primary N) is 2. The maximum absolute atomic E-state index is 11.3. The minimum absolute atomic E-state index is 0.221. The summed E-state index contributed by atoms with van der Waals surface area (Å²) in [6.45, 7) is 0.341. The van der Waals surface area contributed by atoms with E-state index in [9.17, 15) is 4.79 Å². The highest BCUT2D eigenvalue weighted by Crippen LogP contribution is 2.19. The lowest BCUT2D eigenvalue weighted by atomic mass is 10.1. The van der Waals surface area contributed by atoms with Gasteiger partial charge in [0.1, 0.15) is 5.82 Å². The number of nitrogen functional groups attached to an aromatic ring is 1. The van der Waals surface area contributed by atoms with Crippen LogP contribution < -0.4 is 17.0 Å². The van der Waals surface area contributed by atoms with Crippen molar-refractivity contribution in [2.45, 2.75) is 10.9 Å². The van der Waals surface area contributed by atoms with Gasteiger partial charge >= 0.3 is 0 Å². The Morgan fingerprint density at radius 1 is 1.35 bits per heavy atom. The van der Waals surface area contributed by atoms with Crippen LogP contribution in [0.3, 0.4) is 0 Å².